The summed E-state index contributed by atoms with van der Waals surface area (Å²) in [6, 6.07) is 0. The Kier molecular flexibility index (Phi) is 3.62. The van der Waals surface area contributed by atoms with Crippen LogP contribution in [-0.2, 0) is 0 Å². The Morgan fingerprint density at radius 2 is 2.50 bits per heavy atom. The van der Waals surface area contributed by atoms with Crippen molar-refractivity contribution in [3.63, 3.8) is 0 Å². The summed E-state index contributed by atoms with van der Waals surface area (Å²) in [6.45, 7) is 4.73. The van der Waals surface area contributed by atoms with E-state index in [1.807, 2.05) is 19.2 Å². The molecule has 1 heterocycles. The topological polar surface area (TPSA) is 24.9 Å². The van der Waals surface area contributed by atoms with Gasteiger partial charge in [0.15, 0.2) is 5.13 Å². The lowest BCUT2D eigenvalue weighted by molar-refractivity contribution is 1.08. The van der Waals surface area contributed by atoms with Gasteiger partial charge >= 0.3 is 0 Å². The monoisotopic (exact) mass is 180 g/mol. The third kappa shape index (κ3) is 2.93. The molecule has 1 aromatic rings. The van der Waals surface area contributed by atoms with Gasteiger partial charge < -0.3 is 5.32 Å². The standard InChI is InChI=1S/C9H12N2S/c1-3-4-5-6-10-9-11-8(2)7-12-9/h7H,5-6H2,1-2H3,(H,10,11). The van der Waals surface area contributed by atoms with Crippen LogP contribution in [-0.4, -0.2) is 11.5 Å². The first-order chi connectivity index (χ1) is 5.83. The van der Waals surface area contributed by atoms with Gasteiger partial charge in [-0.25, -0.2) is 4.98 Å². The minimum absolute atomic E-state index is 0.883. The van der Waals surface area contributed by atoms with Gasteiger partial charge in [-0.1, -0.05) is 0 Å². The fraction of sp³-hybridized carbons (Fsp3) is 0.444. The Morgan fingerprint density at radius 1 is 1.67 bits per heavy atom. The first-order valence-corrected chi connectivity index (χ1v) is 4.76. The van der Waals surface area contributed by atoms with E-state index in [1.165, 1.54) is 0 Å². The molecule has 0 bridgehead atoms. The molecule has 0 spiro atoms. The van der Waals surface area contributed by atoms with Crippen molar-refractivity contribution >= 4 is 16.5 Å². The smallest absolute Gasteiger partial charge is 0.182 e. The second kappa shape index (κ2) is 4.78. The average molecular weight is 180 g/mol. The summed E-state index contributed by atoms with van der Waals surface area (Å²) >= 11 is 1.64. The molecular formula is C9H12N2S. The van der Waals surface area contributed by atoms with Crippen molar-refractivity contribution in [2.45, 2.75) is 20.3 Å². The van der Waals surface area contributed by atoms with Gasteiger partial charge in [-0.15, -0.1) is 23.2 Å². The van der Waals surface area contributed by atoms with E-state index in [0.717, 1.165) is 23.8 Å². The molecule has 0 saturated carbocycles. The Bertz CT molecular complexity index is 293. The van der Waals surface area contributed by atoms with E-state index in [2.05, 4.69) is 22.1 Å². The average Bonchev–Trinajstić information content (AvgIpc) is 2.45. The van der Waals surface area contributed by atoms with Crippen molar-refractivity contribution in [3.8, 4) is 11.8 Å². The van der Waals surface area contributed by atoms with E-state index in [4.69, 9.17) is 0 Å². The van der Waals surface area contributed by atoms with Gasteiger partial charge in [-0.3, -0.25) is 0 Å². The molecule has 1 N–H and O–H groups in total. The second-order valence-corrected chi connectivity index (χ2v) is 3.26. The summed E-state index contributed by atoms with van der Waals surface area (Å²) in [5.41, 5.74) is 1.07. The molecule has 0 radical (unpaired) electrons. The second-order valence-electron chi connectivity index (χ2n) is 2.40. The summed E-state index contributed by atoms with van der Waals surface area (Å²) in [4.78, 5) is 4.27. The highest BCUT2D eigenvalue weighted by Crippen LogP contribution is 2.13. The molecule has 0 fully saturated rings. The number of anilines is 1. The van der Waals surface area contributed by atoms with E-state index in [9.17, 15) is 0 Å². The van der Waals surface area contributed by atoms with Crippen molar-refractivity contribution in [1.29, 1.82) is 0 Å². The molecule has 2 nitrogen and oxygen atoms in total. The van der Waals surface area contributed by atoms with E-state index in [-0.39, 0.29) is 0 Å². The molecule has 0 atom stereocenters. The number of hydrogen-bond donors (Lipinski definition) is 1. The third-order valence-electron chi connectivity index (χ3n) is 1.32. The number of aryl methyl sites for hydroxylation is 1. The molecule has 0 aliphatic heterocycles. The Hall–Kier alpha value is -1.01. The maximum Gasteiger partial charge on any atom is 0.182 e. The zero-order valence-electron chi connectivity index (χ0n) is 7.35. The normalized spacial score (nSPS) is 8.83. The van der Waals surface area contributed by atoms with Crippen LogP contribution in [0.5, 0.6) is 0 Å². The number of aromatic nitrogens is 1. The van der Waals surface area contributed by atoms with Gasteiger partial charge in [0.25, 0.3) is 0 Å². The fourth-order valence-electron chi connectivity index (χ4n) is 0.792. The van der Waals surface area contributed by atoms with Crippen LogP contribution in [0.4, 0.5) is 5.13 Å². The molecule has 64 valence electrons. The van der Waals surface area contributed by atoms with Crippen molar-refractivity contribution in [2.24, 2.45) is 0 Å². The van der Waals surface area contributed by atoms with Gasteiger partial charge in [0.1, 0.15) is 0 Å². The minimum atomic E-state index is 0.883. The number of thiazole rings is 1. The van der Waals surface area contributed by atoms with Crippen LogP contribution in [0.2, 0.25) is 0 Å². The van der Waals surface area contributed by atoms with E-state index in [0.29, 0.717) is 0 Å². The largest absolute Gasteiger partial charge is 0.361 e. The number of nitrogens with one attached hydrogen (secondary N) is 1. The molecule has 1 rings (SSSR count). The van der Waals surface area contributed by atoms with Gasteiger partial charge in [0.05, 0.1) is 5.69 Å². The van der Waals surface area contributed by atoms with Crippen LogP contribution in [0.1, 0.15) is 19.0 Å². The lowest BCUT2D eigenvalue weighted by Crippen LogP contribution is -1.99. The Balaban J connectivity index is 2.27. The third-order valence-corrected chi connectivity index (χ3v) is 2.24. The van der Waals surface area contributed by atoms with Crippen LogP contribution >= 0.6 is 11.3 Å². The van der Waals surface area contributed by atoms with E-state index >= 15 is 0 Å². The SMILES string of the molecule is CC#CCCNc1nc(C)cs1. The molecular weight excluding hydrogens is 168 g/mol. The van der Waals surface area contributed by atoms with Gasteiger partial charge in [-0.2, -0.15) is 0 Å². The molecule has 0 aliphatic rings. The summed E-state index contributed by atoms with van der Waals surface area (Å²) < 4.78 is 0. The van der Waals surface area contributed by atoms with E-state index in [1.54, 1.807) is 11.3 Å². The molecule has 0 aliphatic carbocycles. The van der Waals surface area contributed by atoms with Crippen LogP contribution in [0.15, 0.2) is 5.38 Å². The molecule has 0 saturated heterocycles. The maximum atomic E-state index is 4.27. The van der Waals surface area contributed by atoms with Gasteiger partial charge in [0, 0.05) is 18.3 Å². The Morgan fingerprint density at radius 3 is 3.08 bits per heavy atom. The van der Waals surface area contributed by atoms with Gasteiger partial charge in [-0.05, 0) is 13.8 Å². The zero-order chi connectivity index (χ0) is 8.81. The van der Waals surface area contributed by atoms with Crippen LogP contribution in [0.25, 0.3) is 0 Å². The number of rotatable bonds is 3. The first kappa shape index (κ1) is 9.08. The maximum absolute atomic E-state index is 4.27. The highest BCUT2D eigenvalue weighted by atomic mass is 32.1. The van der Waals surface area contributed by atoms with Crippen molar-refractivity contribution in [3.05, 3.63) is 11.1 Å². The highest BCUT2D eigenvalue weighted by Gasteiger charge is 1.94. The molecule has 12 heavy (non-hydrogen) atoms. The molecule has 1 aromatic heterocycles. The number of hydrogen-bond acceptors (Lipinski definition) is 3. The van der Waals surface area contributed by atoms with Crippen LogP contribution < -0.4 is 5.32 Å². The zero-order valence-corrected chi connectivity index (χ0v) is 8.16. The summed E-state index contributed by atoms with van der Waals surface area (Å²) in [6.07, 6.45) is 0.884. The predicted octanol–water partition coefficient (Wildman–Crippen LogP) is 2.28. The first-order valence-electron chi connectivity index (χ1n) is 3.88. The van der Waals surface area contributed by atoms with Crippen LogP contribution in [0, 0.1) is 18.8 Å². The quantitative estimate of drug-likeness (QED) is 0.570. The Labute approximate surface area is 77.0 Å². The summed E-state index contributed by atoms with van der Waals surface area (Å²) in [5, 5.41) is 6.23. The van der Waals surface area contributed by atoms with E-state index < -0.39 is 0 Å². The predicted molar refractivity (Wildman–Crippen MR) is 53.4 cm³/mol. The highest BCUT2D eigenvalue weighted by molar-refractivity contribution is 7.13. The molecule has 0 aromatic carbocycles. The lowest BCUT2D eigenvalue weighted by atomic mass is 10.4. The molecule has 0 unspecified atom stereocenters. The van der Waals surface area contributed by atoms with Crippen molar-refractivity contribution < 1.29 is 0 Å². The minimum Gasteiger partial charge on any atom is -0.361 e. The number of nitrogens with zero attached hydrogens (tertiary/aromatic N) is 1. The van der Waals surface area contributed by atoms with Crippen molar-refractivity contribution in [1.82, 2.24) is 4.98 Å². The molecule has 0 amide bonds. The summed E-state index contributed by atoms with van der Waals surface area (Å²) in [5.74, 6) is 5.84. The van der Waals surface area contributed by atoms with Crippen molar-refractivity contribution in [2.75, 3.05) is 11.9 Å². The van der Waals surface area contributed by atoms with Gasteiger partial charge in [0.2, 0.25) is 0 Å². The summed E-state index contributed by atoms with van der Waals surface area (Å²) in [7, 11) is 0. The lowest BCUT2D eigenvalue weighted by Gasteiger charge is -1.96. The molecule has 3 heteroatoms. The van der Waals surface area contributed by atoms with Crippen LogP contribution in [0.3, 0.4) is 0 Å². The fourth-order valence-corrected chi connectivity index (χ4v) is 1.51.